The molecule has 3 rings (SSSR count). The first kappa shape index (κ1) is 8.81. The molecule has 3 N–H and O–H groups in total. The van der Waals surface area contributed by atoms with Gasteiger partial charge in [-0.1, -0.05) is 10.3 Å². The average molecular weight is 210 g/mol. The summed E-state index contributed by atoms with van der Waals surface area (Å²) in [4.78, 5) is 0. The number of rotatable bonds is 0. The molecule has 0 aromatic carbocycles. The zero-order valence-electron chi connectivity index (χ0n) is 7.88. The molecule has 1 aromatic rings. The van der Waals surface area contributed by atoms with Crippen molar-refractivity contribution in [1.82, 2.24) is 10.3 Å². The van der Waals surface area contributed by atoms with E-state index in [1.807, 2.05) is 0 Å². The summed E-state index contributed by atoms with van der Waals surface area (Å²) in [6.45, 7) is 0. The molecule has 0 bridgehead atoms. The highest BCUT2D eigenvalue weighted by Crippen LogP contribution is 2.44. The van der Waals surface area contributed by atoms with Gasteiger partial charge in [-0.2, -0.15) is 4.74 Å². The lowest BCUT2D eigenvalue weighted by Crippen LogP contribution is -2.62. The summed E-state index contributed by atoms with van der Waals surface area (Å²) in [5.74, 6) is 0. The van der Waals surface area contributed by atoms with Crippen LogP contribution in [0.2, 0.25) is 0 Å². The van der Waals surface area contributed by atoms with Crippen molar-refractivity contribution in [2.24, 2.45) is 5.73 Å². The Labute approximate surface area is 84.7 Å². The van der Waals surface area contributed by atoms with Crippen molar-refractivity contribution >= 4 is 6.21 Å². The Morgan fingerprint density at radius 2 is 2.40 bits per heavy atom. The molecule has 2 atom stereocenters. The van der Waals surface area contributed by atoms with Crippen LogP contribution in [-0.4, -0.2) is 32.0 Å². The molecule has 2 aliphatic rings. The fourth-order valence-corrected chi connectivity index (χ4v) is 2.35. The van der Waals surface area contributed by atoms with E-state index in [1.165, 1.54) is 6.21 Å². The van der Waals surface area contributed by atoms with Gasteiger partial charge in [-0.25, -0.2) is 4.63 Å². The molecule has 1 aromatic heterocycles. The summed E-state index contributed by atoms with van der Waals surface area (Å²) in [5, 5.41) is 29.3. The maximum atomic E-state index is 11.6. The van der Waals surface area contributed by atoms with E-state index in [1.54, 1.807) is 0 Å². The van der Waals surface area contributed by atoms with Crippen molar-refractivity contribution in [3.8, 4) is 0 Å². The van der Waals surface area contributed by atoms with Crippen LogP contribution < -0.4 is 5.73 Å². The quantitative estimate of drug-likeness (QED) is 0.413. The molecule has 0 saturated carbocycles. The van der Waals surface area contributed by atoms with Crippen molar-refractivity contribution in [3.63, 3.8) is 0 Å². The molecule has 0 amide bonds. The highest BCUT2D eigenvalue weighted by atomic mass is 16.6. The fraction of sp³-hybridized carbons (Fsp3) is 0.625. The fourth-order valence-electron chi connectivity index (χ4n) is 2.35. The van der Waals surface area contributed by atoms with Gasteiger partial charge >= 0.3 is 0 Å². The summed E-state index contributed by atoms with van der Waals surface area (Å²) in [5.41, 5.74) is 4.02. The monoisotopic (exact) mass is 210 g/mol. The number of hydrogen-bond acceptors (Lipinski definition) is 6. The second-order valence-corrected chi connectivity index (χ2v) is 4.06. The third-order valence-electron chi connectivity index (χ3n) is 3.35. The lowest BCUT2D eigenvalue weighted by atomic mass is 9.76. The molecular formula is C8H10N4O3. The number of aliphatic hydroxyl groups is 1. The van der Waals surface area contributed by atoms with Crippen LogP contribution >= 0.6 is 0 Å². The molecule has 0 spiro atoms. The Hall–Kier alpha value is -1.47. The van der Waals surface area contributed by atoms with Crippen molar-refractivity contribution < 1.29 is 14.5 Å². The van der Waals surface area contributed by atoms with Crippen molar-refractivity contribution in [3.05, 3.63) is 16.6 Å². The van der Waals surface area contributed by atoms with Crippen molar-refractivity contribution in [2.75, 3.05) is 0 Å². The lowest BCUT2D eigenvalue weighted by Gasteiger charge is -2.37. The molecule has 2 heterocycles. The maximum absolute atomic E-state index is 11.6. The van der Waals surface area contributed by atoms with Gasteiger partial charge < -0.3 is 10.3 Å². The Balaban J connectivity index is 2.21. The number of nitrogens with zero attached hydrogens (tertiary/aromatic N) is 3. The Morgan fingerprint density at radius 1 is 1.60 bits per heavy atom. The van der Waals surface area contributed by atoms with Gasteiger partial charge in [0.05, 0.1) is 6.42 Å². The van der Waals surface area contributed by atoms with Crippen molar-refractivity contribution in [2.45, 2.75) is 30.5 Å². The van der Waals surface area contributed by atoms with Gasteiger partial charge in [0.2, 0.25) is 5.60 Å². The number of aromatic nitrogens is 2. The molecule has 0 saturated heterocycles. The number of hydroxylamine groups is 1. The Kier molecular flexibility index (Phi) is 1.39. The van der Waals surface area contributed by atoms with Gasteiger partial charge in [0.15, 0.2) is 6.21 Å². The summed E-state index contributed by atoms with van der Waals surface area (Å²) >= 11 is 0. The van der Waals surface area contributed by atoms with Crippen molar-refractivity contribution in [1.29, 1.82) is 0 Å². The average Bonchev–Trinajstić information content (AvgIpc) is 2.76. The molecule has 7 heteroatoms. The number of fused-ring (bicyclic) bond motifs is 3. The highest BCUT2D eigenvalue weighted by molar-refractivity contribution is 5.58. The van der Waals surface area contributed by atoms with E-state index < -0.39 is 11.3 Å². The van der Waals surface area contributed by atoms with E-state index in [0.717, 1.165) is 0 Å². The summed E-state index contributed by atoms with van der Waals surface area (Å²) in [6, 6.07) is 0. The first-order valence-corrected chi connectivity index (χ1v) is 4.71. The minimum absolute atomic E-state index is 0.147. The summed E-state index contributed by atoms with van der Waals surface area (Å²) in [7, 11) is 0. The molecule has 15 heavy (non-hydrogen) atoms. The molecule has 1 aliphatic heterocycles. The SMILES string of the molecule is NC12CCc3nonc3C1(O)CC=[N+]2[O-]. The highest BCUT2D eigenvalue weighted by Gasteiger charge is 2.64. The van der Waals surface area contributed by atoms with Gasteiger partial charge in [-0.05, 0) is 0 Å². The normalized spacial score (nSPS) is 38.4. The van der Waals surface area contributed by atoms with Gasteiger partial charge in [0, 0.05) is 12.8 Å². The standard InChI is InChI=1S/C8H10N4O3/c9-8-2-1-5-6(11-15-10-5)7(8,13)3-4-12(8)14/h4,13H,1-3,9H2. The first-order valence-electron chi connectivity index (χ1n) is 4.71. The van der Waals surface area contributed by atoms with E-state index in [0.29, 0.717) is 29.0 Å². The van der Waals surface area contributed by atoms with E-state index in [9.17, 15) is 10.3 Å². The van der Waals surface area contributed by atoms with Gasteiger partial charge in [-0.3, -0.25) is 5.73 Å². The minimum Gasteiger partial charge on any atom is -0.623 e. The van der Waals surface area contributed by atoms with Crippen LogP contribution in [0.3, 0.4) is 0 Å². The van der Waals surface area contributed by atoms with E-state index in [2.05, 4.69) is 14.9 Å². The second-order valence-electron chi connectivity index (χ2n) is 4.06. The van der Waals surface area contributed by atoms with Crippen LogP contribution in [0.15, 0.2) is 4.63 Å². The molecule has 1 aliphatic carbocycles. The zero-order valence-corrected chi connectivity index (χ0v) is 7.88. The lowest BCUT2D eigenvalue weighted by molar-refractivity contribution is -0.564. The predicted octanol–water partition coefficient (Wildman–Crippen LogP) is -1.16. The minimum atomic E-state index is -1.47. The predicted molar refractivity (Wildman–Crippen MR) is 47.7 cm³/mol. The van der Waals surface area contributed by atoms with Gasteiger partial charge in [0.1, 0.15) is 11.4 Å². The first-order chi connectivity index (χ1) is 7.08. The number of nitrogens with two attached hydrogens (primary N) is 1. The van der Waals surface area contributed by atoms with Gasteiger partial charge in [-0.15, -0.1) is 0 Å². The molecule has 0 fully saturated rings. The number of aryl methyl sites for hydroxylation is 1. The largest absolute Gasteiger partial charge is 0.623 e. The van der Waals surface area contributed by atoms with Crippen LogP contribution in [0.25, 0.3) is 0 Å². The molecule has 7 nitrogen and oxygen atoms in total. The van der Waals surface area contributed by atoms with Crippen LogP contribution in [0.5, 0.6) is 0 Å². The second kappa shape index (κ2) is 2.37. The molecule has 2 unspecified atom stereocenters. The number of hydrogen-bond donors (Lipinski definition) is 2. The van der Waals surface area contributed by atoms with Crippen LogP contribution in [0.4, 0.5) is 0 Å². The van der Waals surface area contributed by atoms with Crippen LogP contribution in [-0.2, 0) is 12.0 Å². The van der Waals surface area contributed by atoms with Gasteiger partial charge in [0.25, 0.3) is 5.66 Å². The Morgan fingerprint density at radius 3 is 3.20 bits per heavy atom. The topological polar surface area (TPSA) is 111 Å². The smallest absolute Gasteiger partial charge is 0.259 e. The van der Waals surface area contributed by atoms with Crippen LogP contribution in [0, 0.1) is 5.21 Å². The zero-order chi connectivity index (χ0) is 10.7. The molecule has 80 valence electrons. The summed E-state index contributed by atoms with van der Waals surface area (Å²) < 4.78 is 5.19. The molecular weight excluding hydrogens is 200 g/mol. The maximum Gasteiger partial charge on any atom is 0.259 e. The third-order valence-corrected chi connectivity index (χ3v) is 3.35. The van der Waals surface area contributed by atoms with E-state index >= 15 is 0 Å². The molecule has 0 radical (unpaired) electrons. The van der Waals surface area contributed by atoms with Crippen LogP contribution in [0.1, 0.15) is 24.2 Å². The summed E-state index contributed by atoms with van der Waals surface area (Å²) in [6.07, 6.45) is 2.31. The Bertz CT molecular complexity index is 456. The van der Waals surface area contributed by atoms with E-state index in [4.69, 9.17) is 5.73 Å². The van der Waals surface area contributed by atoms with E-state index in [-0.39, 0.29) is 6.42 Å². The third kappa shape index (κ3) is 0.806.